The number of hydrogen-bond donors (Lipinski definition) is 1. The second kappa shape index (κ2) is 3.62. The largest absolute Gasteiger partial charge is 0.402 e. The maximum absolute atomic E-state index is 5.49. The fourth-order valence-corrected chi connectivity index (χ4v) is 0.962. The summed E-state index contributed by atoms with van der Waals surface area (Å²) in [5.41, 5.74) is 6.08. The predicted molar refractivity (Wildman–Crippen MR) is 43.6 cm³/mol. The van der Waals surface area contributed by atoms with Gasteiger partial charge < -0.3 is 10.5 Å². The lowest BCUT2D eigenvalue weighted by Gasteiger charge is -2.20. The molecular weight excluding hydrogens is 126 g/mol. The number of rotatable bonds is 3. The summed E-state index contributed by atoms with van der Waals surface area (Å²) in [6, 6.07) is 0. The van der Waals surface area contributed by atoms with Gasteiger partial charge in [-0.1, -0.05) is 0 Å². The molecule has 0 amide bonds. The summed E-state index contributed by atoms with van der Waals surface area (Å²) in [7, 11) is 0. The minimum atomic E-state index is -0.215. The van der Waals surface area contributed by atoms with Gasteiger partial charge in [0.25, 0.3) is 0 Å². The van der Waals surface area contributed by atoms with Crippen molar-refractivity contribution >= 4 is 0 Å². The summed E-state index contributed by atoms with van der Waals surface area (Å²) in [5, 5.41) is 0. The van der Waals surface area contributed by atoms with Crippen molar-refractivity contribution in [2.75, 3.05) is 6.61 Å². The lowest BCUT2D eigenvalue weighted by molar-refractivity contribution is 0.0279. The van der Waals surface area contributed by atoms with Crippen LogP contribution < -0.4 is 5.73 Å². The zero-order valence-electron chi connectivity index (χ0n) is 7.27. The monoisotopic (exact) mass is 143 g/mol. The molecule has 0 aromatic carbocycles. The SMILES string of the molecule is CCOC(C)(C)/C=C(\C)N. The number of allylic oxidation sites excluding steroid dienone is 1. The Morgan fingerprint density at radius 1 is 1.60 bits per heavy atom. The van der Waals surface area contributed by atoms with E-state index in [0.717, 1.165) is 12.3 Å². The fourth-order valence-electron chi connectivity index (χ4n) is 0.962. The zero-order chi connectivity index (χ0) is 8.20. The molecule has 0 atom stereocenters. The minimum Gasteiger partial charge on any atom is -0.402 e. The van der Waals surface area contributed by atoms with Crippen molar-refractivity contribution in [3.8, 4) is 0 Å². The van der Waals surface area contributed by atoms with Crippen molar-refractivity contribution in [1.29, 1.82) is 0 Å². The Balaban J connectivity index is 3.98. The molecule has 0 fully saturated rings. The van der Waals surface area contributed by atoms with Gasteiger partial charge in [0.2, 0.25) is 0 Å². The van der Waals surface area contributed by atoms with Gasteiger partial charge >= 0.3 is 0 Å². The van der Waals surface area contributed by atoms with E-state index in [0.29, 0.717) is 0 Å². The summed E-state index contributed by atoms with van der Waals surface area (Å²) < 4.78 is 5.38. The molecule has 2 N–H and O–H groups in total. The summed E-state index contributed by atoms with van der Waals surface area (Å²) in [5.74, 6) is 0. The van der Waals surface area contributed by atoms with Crippen molar-refractivity contribution in [2.24, 2.45) is 5.73 Å². The van der Waals surface area contributed by atoms with Gasteiger partial charge in [-0.2, -0.15) is 0 Å². The highest BCUT2D eigenvalue weighted by atomic mass is 16.5. The van der Waals surface area contributed by atoms with Gasteiger partial charge in [0.1, 0.15) is 0 Å². The lowest BCUT2D eigenvalue weighted by Crippen LogP contribution is -2.22. The minimum absolute atomic E-state index is 0.215. The van der Waals surface area contributed by atoms with Gasteiger partial charge in [-0.25, -0.2) is 0 Å². The van der Waals surface area contributed by atoms with E-state index >= 15 is 0 Å². The van der Waals surface area contributed by atoms with E-state index in [-0.39, 0.29) is 5.60 Å². The average molecular weight is 143 g/mol. The van der Waals surface area contributed by atoms with Crippen LogP contribution in [0.4, 0.5) is 0 Å². The van der Waals surface area contributed by atoms with Crippen LogP contribution in [-0.2, 0) is 4.74 Å². The van der Waals surface area contributed by atoms with E-state index in [1.54, 1.807) is 0 Å². The molecule has 0 unspecified atom stereocenters. The Kier molecular flexibility index (Phi) is 3.43. The molecule has 60 valence electrons. The lowest BCUT2D eigenvalue weighted by atomic mass is 10.1. The highest BCUT2D eigenvalue weighted by Gasteiger charge is 2.12. The first-order valence-electron chi connectivity index (χ1n) is 3.57. The Morgan fingerprint density at radius 3 is 2.40 bits per heavy atom. The van der Waals surface area contributed by atoms with Gasteiger partial charge in [0.05, 0.1) is 5.60 Å². The number of hydrogen-bond acceptors (Lipinski definition) is 2. The van der Waals surface area contributed by atoms with Gasteiger partial charge in [-0.15, -0.1) is 0 Å². The summed E-state index contributed by atoms with van der Waals surface area (Å²) in [4.78, 5) is 0. The van der Waals surface area contributed by atoms with Crippen molar-refractivity contribution in [1.82, 2.24) is 0 Å². The molecule has 0 spiro atoms. The molecule has 0 aliphatic carbocycles. The van der Waals surface area contributed by atoms with Gasteiger partial charge in [0, 0.05) is 12.3 Å². The van der Waals surface area contributed by atoms with E-state index in [2.05, 4.69) is 0 Å². The molecule has 0 aromatic heterocycles. The highest BCUT2D eigenvalue weighted by molar-refractivity contribution is 5.02. The first-order valence-corrected chi connectivity index (χ1v) is 3.57. The average Bonchev–Trinajstić information content (AvgIpc) is 1.59. The quantitative estimate of drug-likeness (QED) is 0.652. The summed E-state index contributed by atoms with van der Waals surface area (Å²) >= 11 is 0. The standard InChI is InChI=1S/C8H17NO/c1-5-10-8(3,4)6-7(2)9/h6H,5,9H2,1-4H3/b7-6+. The Hall–Kier alpha value is -0.500. The van der Waals surface area contributed by atoms with E-state index in [9.17, 15) is 0 Å². The zero-order valence-corrected chi connectivity index (χ0v) is 7.27. The number of ether oxygens (including phenoxy) is 1. The Morgan fingerprint density at radius 2 is 2.10 bits per heavy atom. The van der Waals surface area contributed by atoms with E-state index in [4.69, 9.17) is 10.5 Å². The first kappa shape index (κ1) is 9.50. The normalized spacial score (nSPS) is 13.8. The molecule has 0 aliphatic rings. The maximum Gasteiger partial charge on any atom is 0.0825 e. The van der Waals surface area contributed by atoms with Crippen LogP contribution >= 0.6 is 0 Å². The third-order valence-electron chi connectivity index (χ3n) is 1.09. The molecule has 2 heteroatoms. The van der Waals surface area contributed by atoms with E-state index < -0.39 is 0 Å². The van der Waals surface area contributed by atoms with Crippen molar-refractivity contribution < 1.29 is 4.74 Å². The van der Waals surface area contributed by atoms with Crippen LogP contribution in [0.25, 0.3) is 0 Å². The van der Waals surface area contributed by atoms with Crippen molar-refractivity contribution in [2.45, 2.75) is 33.3 Å². The second-order valence-electron chi connectivity index (χ2n) is 2.92. The molecule has 10 heavy (non-hydrogen) atoms. The molecule has 0 bridgehead atoms. The van der Waals surface area contributed by atoms with Crippen LogP contribution in [0.5, 0.6) is 0 Å². The molecule has 2 nitrogen and oxygen atoms in total. The molecule has 0 saturated carbocycles. The van der Waals surface area contributed by atoms with Crippen LogP contribution in [0.3, 0.4) is 0 Å². The third kappa shape index (κ3) is 4.39. The predicted octanol–water partition coefficient (Wildman–Crippen LogP) is 1.66. The van der Waals surface area contributed by atoms with Crippen LogP contribution in [0, 0.1) is 0 Å². The third-order valence-corrected chi connectivity index (χ3v) is 1.09. The molecule has 0 radical (unpaired) electrons. The van der Waals surface area contributed by atoms with Crippen LogP contribution in [-0.4, -0.2) is 12.2 Å². The number of nitrogens with two attached hydrogens (primary N) is 1. The molecule has 0 heterocycles. The molecular formula is C8H17NO. The van der Waals surface area contributed by atoms with Crippen molar-refractivity contribution in [3.63, 3.8) is 0 Å². The highest BCUT2D eigenvalue weighted by Crippen LogP contribution is 2.11. The second-order valence-corrected chi connectivity index (χ2v) is 2.92. The van der Waals surface area contributed by atoms with Gasteiger partial charge in [-0.05, 0) is 33.8 Å². The summed E-state index contributed by atoms with van der Waals surface area (Å²) in [6.07, 6.45) is 1.91. The molecule has 0 rings (SSSR count). The molecule has 0 saturated heterocycles. The van der Waals surface area contributed by atoms with Crippen LogP contribution in [0.2, 0.25) is 0 Å². The van der Waals surface area contributed by atoms with Gasteiger partial charge in [0.15, 0.2) is 0 Å². The topological polar surface area (TPSA) is 35.2 Å². The fraction of sp³-hybridized carbons (Fsp3) is 0.750. The van der Waals surface area contributed by atoms with E-state index in [1.807, 2.05) is 33.8 Å². The molecule has 0 aromatic rings. The first-order chi connectivity index (χ1) is 4.48. The van der Waals surface area contributed by atoms with Crippen LogP contribution in [0.1, 0.15) is 27.7 Å². The maximum atomic E-state index is 5.49. The smallest absolute Gasteiger partial charge is 0.0825 e. The Labute approximate surface area is 63.1 Å². The molecule has 0 aliphatic heterocycles. The summed E-state index contributed by atoms with van der Waals surface area (Å²) in [6.45, 7) is 8.54. The van der Waals surface area contributed by atoms with E-state index in [1.165, 1.54) is 0 Å². The van der Waals surface area contributed by atoms with Gasteiger partial charge in [-0.3, -0.25) is 0 Å². The Bertz CT molecular complexity index is 123. The van der Waals surface area contributed by atoms with Crippen LogP contribution in [0.15, 0.2) is 11.8 Å². The van der Waals surface area contributed by atoms with Crippen molar-refractivity contribution in [3.05, 3.63) is 11.8 Å².